The summed E-state index contributed by atoms with van der Waals surface area (Å²) >= 11 is 5.88. The van der Waals surface area contributed by atoms with Crippen molar-refractivity contribution in [1.29, 1.82) is 0 Å². The van der Waals surface area contributed by atoms with Crippen LogP contribution in [0.4, 0.5) is 11.4 Å². The van der Waals surface area contributed by atoms with Gasteiger partial charge in [-0.3, -0.25) is 19.5 Å². The highest BCUT2D eigenvalue weighted by Crippen LogP contribution is 2.23. The lowest BCUT2D eigenvalue weighted by atomic mass is 10.1. The molecular formula is C23H20ClN5O3. The summed E-state index contributed by atoms with van der Waals surface area (Å²) in [6.45, 7) is 3.62. The minimum Gasteiger partial charge on any atom is -0.324 e. The standard InChI is InChI=1S/C23H20ClN5O3/c1-13-17(14(2)29-20(25-13)12-22(31)28-29)11-21(30)26-18-5-3-4-6-19(18)27-23(32)15-7-9-16(24)10-8-15/h3-10,12H,11H2,1-2H3,(H,26,30)(H,27,32)(H,28,31). The number of carbonyl (C=O) groups excluding carboxylic acids is 2. The number of halogens is 1. The van der Waals surface area contributed by atoms with Gasteiger partial charge in [0, 0.05) is 33.6 Å². The maximum absolute atomic E-state index is 12.8. The first kappa shape index (κ1) is 21.3. The predicted molar refractivity (Wildman–Crippen MR) is 123 cm³/mol. The number of carbonyl (C=O) groups is 2. The van der Waals surface area contributed by atoms with Crippen LogP contribution in [0.5, 0.6) is 0 Å². The van der Waals surface area contributed by atoms with Crippen LogP contribution in [0.3, 0.4) is 0 Å². The number of aromatic nitrogens is 3. The highest BCUT2D eigenvalue weighted by molar-refractivity contribution is 6.30. The summed E-state index contributed by atoms with van der Waals surface area (Å²) in [5.41, 5.74) is 3.74. The molecular weight excluding hydrogens is 430 g/mol. The van der Waals surface area contributed by atoms with Crippen LogP contribution in [0, 0.1) is 13.8 Å². The zero-order valence-electron chi connectivity index (χ0n) is 17.4. The summed E-state index contributed by atoms with van der Waals surface area (Å²) in [6.07, 6.45) is 0.0558. The normalized spacial score (nSPS) is 10.8. The number of hydrogen-bond donors (Lipinski definition) is 3. The van der Waals surface area contributed by atoms with Crippen molar-refractivity contribution < 1.29 is 9.59 Å². The molecule has 0 fully saturated rings. The average molecular weight is 450 g/mol. The molecule has 32 heavy (non-hydrogen) atoms. The Morgan fingerprint density at radius 1 is 1.03 bits per heavy atom. The Hall–Kier alpha value is -3.91. The Morgan fingerprint density at radius 3 is 2.38 bits per heavy atom. The molecule has 3 N–H and O–H groups in total. The molecule has 2 aromatic carbocycles. The van der Waals surface area contributed by atoms with Crippen LogP contribution in [-0.2, 0) is 11.2 Å². The van der Waals surface area contributed by atoms with Gasteiger partial charge in [-0.05, 0) is 50.2 Å². The summed E-state index contributed by atoms with van der Waals surface area (Å²) in [4.78, 5) is 41.4. The van der Waals surface area contributed by atoms with Crippen LogP contribution in [0.1, 0.15) is 27.3 Å². The zero-order chi connectivity index (χ0) is 22.8. The third-order valence-electron chi connectivity index (χ3n) is 5.10. The van der Waals surface area contributed by atoms with Gasteiger partial charge >= 0.3 is 0 Å². The summed E-state index contributed by atoms with van der Waals surface area (Å²) in [5, 5.41) is 8.88. The number of para-hydroxylation sites is 2. The number of nitrogens with zero attached hydrogens (tertiary/aromatic N) is 2. The SMILES string of the molecule is Cc1nc2cc(=O)[nH]n2c(C)c1CC(=O)Nc1ccccc1NC(=O)c1ccc(Cl)cc1. The fraction of sp³-hybridized carbons (Fsp3) is 0.130. The number of fused-ring (bicyclic) bond motifs is 1. The smallest absolute Gasteiger partial charge is 0.266 e. The molecule has 0 bridgehead atoms. The molecule has 0 aliphatic carbocycles. The van der Waals surface area contributed by atoms with Crippen molar-refractivity contribution in [3.63, 3.8) is 0 Å². The van der Waals surface area contributed by atoms with Crippen LogP contribution in [-0.4, -0.2) is 26.4 Å². The number of aryl methyl sites for hydroxylation is 2. The fourth-order valence-electron chi connectivity index (χ4n) is 3.46. The number of aromatic amines is 1. The van der Waals surface area contributed by atoms with Gasteiger partial charge in [-0.25, -0.2) is 9.50 Å². The second-order valence-corrected chi connectivity index (χ2v) is 7.74. The van der Waals surface area contributed by atoms with Gasteiger partial charge < -0.3 is 10.6 Å². The summed E-state index contributed by atoms with van der Waals surface area (Å²) < 4.78 is 1.57. The Labute approximate surface area is 188 Å². The van der Waals surface area contributed by atoms with E-state index in [0.717, 1.165) is 5.69 Å². The van der Waals surface area contributed by atoms with E-state index in [1.165, 1.54) is 6.07 Å². The van der Waals surface area contributed by atoms with E-state index in [1.54, 1.807) is 60.0 Å². The van der Waals surface area contributed by atoms with E-state index >= 15 is 0 Å². The van der Waals surface area contributed by atoms with Crippen molar-refractivity contribution >= 4 is 40.4 Å². The Morgan fingerprint density at radius 2 is 1.69 bits per heavy atom. The predicted octanol–water partition coefficient (Wildman–Crippen LogP) is 3.73. The lowest BCUT2D eigenvalue weighted by Gasteiger charge is -2.14. The van der Waals surface area contributed by atoms with E-state index in [2.05, 4.69) is 20.7 Å². The van der Waals surface area contributed by atoms with Crippen LogP contribution in [0.25, 0.3) is 5.65 Å². The second-order valence-electron chi connectivity index (χ2n) is 7.31. The number of hydrogen-bond acceptors (Lipinski definition) is 4. The number of amides is 2. The largest absolute Gasteiger partial charge is 0.324 e. The molecule has 0 radical (unpaired) electrons. The zero-order valence-corrected chi connectivity index (χ0v) is 18.2. The molecule has 0 saturated carbocycles. The maximum atomic E-state index is 12.8. The van der Waals surface area contributed by atoms with Gasteiger partial charge in [0.1, 0.15) is 0 Å². The molecule has 0 atom stereocenters. The van der Waals surface area contributed by atoms with Crippen LogP contribution >= 0.6 is 11.6 Å². The number of anilines is 2. The van der Waals surface area contributed by atoms with Gasteiger partial charge in [-0.1, -0.05) is 23.7 Å². The van der Waals surface area contributed by atoms with Crippen LogP contribution < -0.4 is 16.2 Å². The van der Waals surface area contributed by atoms with E-state index < -0.39 is 0 Å². The molecule has 162 valence electrons. The Kier molecular flexibility index (Phi) is 5.79. The Balaban J connectivity index is 1.53. The number of H-pyrrole nitrogens is 1. The maximum Gasteiger partial charge on any atom is 0.266 e. The fourth-order valence-corrected chi connectivity index (χ4v) is 3.59. The van der Waals surface area contributed by atoms with Crippen molar-refractivity contribution in [3.05, 3.63) is 92.5 Å². The summed E-state index contributed by atoms with van der Waals surface area (Å²) in [7, 11) is 0. The molecule has 0 unspecified atom stereocenters. The molecule has 2 aromatic heterocycles. The highest BCUT2D eigenvalue weighted by atomic mass is 35.5. The number of rotatable bonds is 5. The van der Waals surface area contributed by atoms with Gasteiger partial charge in [0.25, 0.3) is 11.5 Å². The van der Waals surface area contributed by atoms with Crippen molar-refractivity contribution in [2.45, 2.75) is 20.3 Å². The summed E-state index contributed by atoms with van der Waals surface area (Å²) in [6, 6.07) is 14.9. The first-order valence-corrected chi connectivity index (χ1v) is 10.2. The van der Waals surface area contributed by atoms with Gasteiger partial charge in [0.2, 0.25) is 5.91 Å². The molecule has 2 amide bonds. The molecule has 0 aliphatic heterocycles. The van der Waals surface area contributed by atoms with Gasteiger partial charge in [-0.2, -0.15) is 0 Å². The quantitative estimate of drug-likeness (QED) is 0.431. The van der Waals surface area contributed by atoms with Crippen molar-refractivity contribution in [2.75, 3.05) is 10.6 Å². The molecule has 4 rings (SSSR count). The first-order valence-electron chi connectivity index (χ1n) is 9.85. The molecule has 8 nitrogen and oxygen atoms in total. The topological polar surface area (TPSA) is 108 Å². The monoisotopic (exact) mass is 449 g/mol. The lowest BCUT2D eigenvalue weighted by Crippen LogP contribution is -2.20. The number of benzene rings is 2. The highest BCUT2D eigenvalue weighted by Gasteiger charge is 2.16. The van der Waals surface area contributed by atoms with Crippen molar-refractivity contribution in [3.8, 4) is 0 Å². The van der Waals surface area contributed by atoms with Crippen LogP contribution in [0.2, 0.25) is 5.02 Å². The van der Waals surface area contributed by atoms with Crippen molar-refractivity contribution in [2.24, 2.45) is 0 Å². The van der Waals surface area contributed by atoms with Gasteiger partial charge in [0.05, 0.1) is 17.8 Å². The third kappa shape index (κ3) is 4.40. The summed E-state index contributed by atoms with van der Waals surface area (Å²) in [5.74, 6) is -0.596. The molecule has 9 heteroatoms. The van der Waals surface area contributed by atoms with E-state index in [9.17, 15) is 14.4 Å². The molecule has 4 aromatic rings. The molecule has 0 aliphatic rings. The lowest BCUT2D eigenvalue weighted by molar-refractivity contribution is -0.115. The first-order chi connectivity index (χ1) is 15.3. The van der Waals surface area contributed by atoms with Gasteiger partial charge in [0.15, 0.2) is 5.65 Å². The van der Waals surface area contributed by atoms with Gasteiger partial charge in [-0.15, -0.1) is 0 Å². The third-order valence-corrected chi connectivity index (χ3v) is 5.35. The van der Waals surface area contributed by atoms with E-state index in [4.69, 9.17) is 11.6 Å². The molecule has 2 heterocycles. The minimum atomic E-state index is -0.318. The minimum absolute atomic E-state index is 0.0558. The average Bonchev–Trinajstić information content (AvgIpc) is 3.13. The number of nitrogens with one attached hydrogen (secondary N) is 3. The second kappa shape index (κ2) is 8.68. The molecule has 0 spiro atoms. The van der Waals surface area contributed by atoms with Crippen LogP contribution in [0.15, 0.2) is 59.4 Å². The van der Waals surface area contributed by atoms with Crippen molar-refractivity contribution in [1.82, 2.24) is 14.6 Å². The van der Waals surface area contributed by atoms with E-state index in [1.807, 2.05) is 6.92 Å². The van der Waals surface area contributed by atoms with E-state index in [-0.39, 0.29) is 23.8 Å². The Bertz CT molecular complexity index is 1390. The van der Waals surface area contributed by atoms with E-state index in [0.29, 0.717) is 38.9 Å². The molecule has 0 saturated heterocycles.